The summed E-state index contributed by atoms with van der Waals surface area (Å²) in [5.74, 6) is -0.564. The van der Waals surface area contributed by atoms with Crippen molar-refractivity contribution in [3.8, 4) is 5.75 Å². The zero-order valence-electron chi connectivity index (χ0n) is 10.2. The molecule has 18 heavy (non-hydrogen) atoms. The lowest BCUT2D eigenvalue weighted by Gasteiger charge is -2.20. The number of phenols is 1. The Kier molecular flexibility index (Phi) is 3.92. The molecule has 1 N–H and O–H groups in total. The van der Waals surface area contributed by atoms with Crippen molar-refractivity contribution in [3.63, 3.8) is 0 Å². The maximum Gasteiger partial charge on any atom is 0.312 e. The lowest BCUT2D eigenvalue weighted by atomic mass is 10.3. The summed E-state index contributed by atoms with van der Waals surface area (Å²) in [6.07, 6.45) is 0. The first-order chi connectivity index (χ1) is 8.17. The van der Waals surface area contributed by atoms with Gasteiger partial charge in [0.2, 0.25) is 10.0 Å². The second-order valence-corrected chi connectivity index (χ2v) is 6.02. The highest BCUT2D eigenvalue weighted by Crippen LogP contribution is 2.29. The molecule has 8 heteroatoms. The highest BCUT2D eigenvalue weighted by molar-refractivity contribution is 7.89. The topological polar surface area (TPSA) is 101 Å². The van der Waals surface area contributed by atoms with E-state index in [0.29, 0.717) is 0 Å². The van der Waals surface area contributed by atoms with Crippen LogP contribution in [0.25, 0.3) is 0 Å². The standard InChI is InChI=1S/C10H14N2O5S/c1-7(2)11(3)18(16,17)8-4-5-10(13)9(6-8)12(14)15/h4-7,13H,1-3H3. The average Bonchev–Trinajstić information content (AvgIpc) is 2.27. The minimum Gasteiger partial charge on any atom is -0.502 e. The van der Waals surface area contributed by atoms with Crippen molar-refractivity contribution in [2.75, 3.05) is 7.05 Å². The van der Waals surface area contributed by atoms with Crippen LogP contribution in [0.3, 0.4) is 0 Å². The number of hydrogen-bond acceptors (Lipinski definition) is 5. The van der Waals surface area contributed by atoms with E-state index in [1.807, 2.05) is 0 Å². The Hall–Kier alpha value is -1.67. The molecule has 1 aromatic rings. The Balaban J connectivity index is 3.35. The molecule has 0 aliphatic rings. The Morgan fingerprint density at radius 2 is 1.94 bits per heavy atom. The molecule has 0 amide bonds. The number of benzene rings is 1. The SMILES string of the molecule is CC(C)N(C)S(=O)(=O)c1ccc(O)c([N+](=O)[O-])c1. The van der Waals surface area contributed by atoms with Gasteiger partial charge in [-0.3, -0.25) is 10.1 Å². The fourth-order valence-corrected chi connectivity index (χ4v) is 2.64. The van der Waals surface area contributed by atoms with Crippen molar-refractivity contribution >= 4 is 15.7 Å². The molecule has 1 rings (SSSR count). The van der Waals surface area contributed by atoms with Crippen molar-refractivity contribution < 1.29 is 18.4 Å². The van der Waals surface area contributed by atoms with Crippen LogP contribution in [0.15, 0.2) is 23.1 Å². The first kappa shape index (κ1) is 14.4. The fourth-order valence-electron chi connectivity index (χ4n) is 1.25. The van der Waals surface area contributed by atoms with Crippen LogP contribution in [0, 0.1) is 10.1 Å². The molecule has 0 aliphatic heterocycles. The van der Waals surface area contributed by atoms with E-state index in [1.165, 1.54) is 7.05 Å². The maximum absolute atomic E-state index is 12.1. The highest BCUT2D eigenvalue weighted by Gasteiger charge is 2.26. The van der Waals surface area contributed by atoms with Gasteiger partial charge in [0.1, 0.15) is 0 Å². The molecular formula is C10H14N2O5S. The van der Waals surface area contributed by atoms with E-state index in [9.17, 15) is 23.6 Å². The van der Waals surface area contributed by atoms with Crippen LogP contribution in [0.2, 0.25) is 0 Å². The molecule has 0 saturated heterocycles. The van der Waals surface area contributed by atoms with E-state index in [2.05, 4.69) is 0 Å². The zero-order chi connectivity index (χ0) is 14.1. The van der Waals surface area contributed by atoms with Crippen molar-refractivity contribution in [2.24, 2.45) is 0 Å². The Morgan fingerprint density at radius 3 is 2.39 bits per heavy atom. The first-order valence-corrected chi connectivity index (χ1v) is 6.57. The third-order valence-electron chi connectivity index (χ3n) is 2.55. The van der Waals surface area contributed by atoms with E-state index in [0.717, 1.165) is 22.5 Å². The summed E-state index contributed by atoms with van der Waals surface area (Å²) in [4.78, 5) is 9.59. The van der Waals surface area contributed by atoms with Crippen LogP contribution in [-0.2, 0) is 10.0 Å². The summed E-state index contributed by atoms with van der Waals surface area (Å²) in [7, 11) is -2.41. The fraction of sp³-hybridized carbons (Fsp3) is 0.400. The number of aromatic hydroxyl groups is 1. The molecule has 0 fully saturated rings. The molecule has 0 aromatic heterocycles. The number of nitro groups is 1. The number of phenolic OH excluding ortho intramolecular Hbond substituents is 1. The van der Waals surface area contributed by atoms with E-state index in [1.54, 1.807) is 13.8 Å². The first-order valence-electron chi connectivity index (χ1n) is 5.13. The van der Waals surface area contributed by atoms with Gasteiger partial charge in [-0.2, -0.15) is 4.31 Å². The predicted octanol–water partition coefficient (Wildman–Crippen LogP) is 1.33. The monoisotopic (exact) mass is 274 g/mol. The maximum atomic E-state index is 12.1. The Bertz CT molecular complexity index is 568. The second kappa shape index (κ2) is 4.91. The average molecular weight is 274 g/mol. The lowest BCUT2D eigenvalue weighted by molar-refractivity contribution is -0.386. The van der Waals surface area contributed by atoms with Gasteiger partial charge in [0.15, 0.2) is 5.75 Å². The molecule has 0 saturated carbocycles. The Morgan fingerprint density at radius 1 is 1.39 bits per heavy atom. The van der Waals surface area contributed by atoms with Gasteiger partial charge in [-0.05, 0) is 26.0 Å². The number of nitro benzene ring substituents is 1. The molecule has 0 radical (unpaired) electrons. The van der Waals surface area contributed by atoms with Crippen molar-refractivity contribution in [1.29, 1.82) is 0 Å². The minimum atomic E-state index is -3.79. The highest BCUT2D eigenvalue weighted by atomic mass is 32.2. The number of sulfonamides is 1. The third kappa shape index (κ3) is 2.59. The molecule has 1 aromatic carbocycles. The van der Waals surface area contributed by atoms with Gasteiger partial charge in [0.25, 0.3) is 0 Å². The van der Waals surface area contributed by atoms with Crippen LogP contribution in [0.5, 0.6) is 5.75 Å². The van der Waals surface area contributed by atoms with Crippen LogP contribution in [0.1, 0.15) is 13.8 Å². The quantitative estimate of drug-likeness (QED) is 0.659. The van der Waals surface area contributed by atoms with Crippen LogP contribution in [-0.4, -0.2) is 35.8 Å². The van der Waals surface area contributed by atoms with Gasteiger partial charge >= 0.3 is 5.69 Å². The Labute approximate surface area is 105 Å². The second-order valence-electron chi connectivity index (χ2n) is 4.02. The number of hydrogen-bond donors (Lipinski definition) is 1. The van der Waals surface area contributed by atoms with Crippen LogP contribution >= 0.6 is 0 Å². The summed E-state index contributed by atoms with van der Waals surface area (Å²) in [5.41, 5.74) is -0.631. The van der Waals surface area contributed by atoms with E-state index in [4.69, 9.17) is 0 Å². The third-order valence-corrected chi connectivity index (χ3v) is 4.58. The molecule has 0 atom stereocenters. The van der Waals surface area contributed by atoms with Gasteiger partial charge < -0.3 is 5.11 Å². The zero-order valence-corrected chi connectivity index (χ0v) is 11.0. The molecule has 0 unspecified atom stereocenters. The van der Waals surface area contributed by atoms with Crippen LogP contribution in [0.4, 0.5) is 5.69 Å². The minimum absolute atomic E-state index is 0.219. The summed E-state index contributed by atoms with van der Waals surface area (Å²) in [6, 6.07) is 2.71. The number of nitrogens with zero attached hydrogens (tertiary/aromatic N) is 2. The summed E-state index contributed by atoms with van der Waals surface area (Å²) >= 11 is 0. The normalized spacial score (nSPS) is 12.1. The molecular weight excluding hydrogens is 260 g/mol. The summed E-state index contributed by atoms with van der Waals surface area (Å²) in [5, 5.41) is 19.9. The lowest BCUT2D eigenvalue weighted by Crippen LogP contribution is -2.33. The van der Waals surface area contributed by atoms with E-state index >= 15 is 0 Å². The molecule has 7 nitrogen and oxygen atoms in total. The predicted molar refractivity (Wildman–Crippen MR) is 64.8 cm³/mol. The molecule has 0 aliphatic carbocycles. The van der Waals surface area contributed by atoms with Crippen molar-refractivity contribution in [3.05, 3.63) is 28.3 Å². The van der Waals surface area contributed by atoms with Gasteiger partial charge in [0, 0.05) is 19.2 Å². The summed E-state index contributed by atoms with van der Waals surface area (Å²) < 4.78 is 25.3. The van der Waals surface area contributed by atoms with Gasteiger partial charge in [-0.1, -0.05) is 0 Å². The van der Waals surface area contributed by atoms with Crippen molar-refractivity contribution in [2.45, 2.75) is 24.8 Å². The molecule has 100 valence electrons. The van der Waals surface area contributed by atoms with E-state index < -0.39 is 26.4 Å². The number of rotatable bonds is 4. The largest absolute Gasteiger partial charge is 0.502 e. The molecule has 0 heterocycles. The van der Waals surface area contributed by atoms with E-state index in [-0.39, 0.29) is 10.9 Å². The molecule has 0 bridgehead atoms. The van der Waals surface area contributed by atoms with Gasteiger partial charge in [0.05, 0.1) is 9.82 Å². The smallest absolute Gasteiger partial charge is 0.312 e. The molecule has 0 spiro atoms. The van der Waals surface area contributed by atoms with Crippen LogP contribution < -0.4 is 0 Å². The van der Waals surface area contributed by atoms with Crippen molar-refractivity contribution in [1.82, 2.24) is 4.31 Å². The summed E-state index contributed by atoms with van der Waals surface area (Å²) in [6.45, 7) is 3.37. The van der Waals surface area contributed by atoms with Gasteiger partial charge in [-0.25, -0.2) is 8.42 Å². The van der Waals surface area contributed by atoms with Gasteiger partial charge in [-0.15, -0.1) is 0 Å².